The number of thioether (sulfide) groups is 1. The van der Waals surface area contributed by atoms with Crippen LogP contribution in [0.2, 0.25) is 0 Å². The Hall–Kier alpha value is -0.810. The lowest BCUT2D eigenvalue weighted by molar-refractivity contribution is 0.843. The van der Waals surface area contributed by atoms with Gasteiger partial charge in [0.25, 0.3) is 0 Å². The van der Waals surface area contributed by atoms with Crippen LogP contribution in [0.25, 0.3) is 0 Å². The third-order valence-electron chi connectivity index (χ3n) is 2.49. The fraction of sp³-hybridized carbons (Fsp3) is 0.600. The third-order valence-corrected chi connectivity index (χ3v) is 3.46. The van der Waals surface area contributed by atoms with E-state index in [0.717, 1.165) is 29.7 Å². The van der Waals surface area contributed by atoms with Gasteiger partial charge >= 0.3 is 0 Å². The standard InChI is InChI=1S/C10H16N4S/c1-7-12-9-6-15-5-8(9)10(13-7)14(2)4-3-11/h3-6,11H2,1-2H3. The predicted octanol–water partition coefficient (Wildman–Crippen LogP) is 0.927. The van der Waals surface area contributed by atoms with E-state index in [2.05, 4.69) is 14.9 Å². The largest absolute Gasteiger partial charge is 0.358 e. The van der Waals surface area contributed by atoms with Gasteiger partial charge in [-0.3, -0.25) is 0 Å². The first kappa shape index (κ1) is 10.7. The summed E-state index contributed by atoms with van der Waals surface area (Å²) in [4.78, 5) is 11.1. The molecule has 1 aromatic heterocycles. The molecule has 0 saturated carbocycles. The van der Waals surface area contributed by atoms with Crippen molar-refractivity contribution in [3.8, 4) is 0 Å². The molecule has 0 atom stereocenters. The van der Waals surface area contributed by atoms with Crippen LogP contribution in [-0.2, 0) is 11.5 Å². The van der Waals surface area contributed by atoms with E-state index in [-0.39, 0.29) is 0 Å². The highest BCUT2D eigenvalue weighted by Gasteiger charge is 2.20. The quantitative estimate of drug-likeness (QED) is 0.827. The molecule has 0 aliphatic carbocycles. The Morgan fingerprint density at radius 1 is 1.40 bits per heavy atom. The molecule has 15 heavy (non-hydrogen) atoms. The maximum absolute atomic E-state index is 5.56. The zero-order valence-electron chi connectivity index (χ0n) is 9.16. The average molecular weight is 224 g/mol. The van der Waals surface area contributed by atoms with E-state index in [0.29, 0.717) is 6.54 Å². The third kappa shape index (κ3) is 2.08. The Balaban J connectivity index is 2.37. The minimum Gasteiger partial charge on any atom is -0.358 e. The lowest BCUT2D eigenvalue weighted by atomic mass is 10.2. The van der Waals surface area contributed by atoms with Crippen molar-refractivity contribution in [2.45, 2.75) is 18.4 Å². The molecule has 0 saturated heterocycles. The molecule has 1 aliphatic heterocycles. The molecular weight excluding hydrogens is 208 g/mol. The van der Waals surface area contributed by atoms with Crippen LogP contribution >= 0.6 is 11.8 Å². The zero-order valence-corrected chi connectivity index (χ0v) is 9.97. The summed E-state index contributed by atoms with van der Waals surface area (Å²) in [5.74, 6) is 3.96. The van der Waals surface area contributed by atoms with Crippen LogP contribution in [0.3, 0.4) is 0 Å². The highest BCUT2D eigenvalue weighted by Crippen LogP contribution is 2.33. The van der Waals surface area contributed by atoms with Gasteiger partial charge in [-0.2, -0.15) is 11.8 Å². The molecule has 2 heterocycles. The van der Waals surface area contributed by atoms with Crippen molar-refractivity contribution in [3.63, 3.8) is 0 Å². The van der Waals surface area contributed by atoms with Crippen LogP contribution < -0.4 is 10.6 Å². The fourth-order valence-electron chi connectivity index (χ4n) is 1.77. The number of hydrogen-bond acceptors (Lipinski definition) is 5. The van der Waals surface area contributed by atoms with Gasteiger partial charge < -0.3 is 10.6 Å². The molecule has 82 valence electrons. The highest BCUT2D eigenvalue weighted by molar-refractivity contribution is 7.98. The van der Waals surface area contributed by atoms with Gasteiger partial charge in [0, 0.05) is 37.2 Å². The number of aromatic nitrogens is 2. The van der Waals surface area contributed by atoms with Gasteiger partial charge in [0.1, 0.15) is 11.6 Å². The Bertz CT molecular complexity index is 367. The SMILES string of the molecule is Cc1nc2c(c(N(C)CCN)n1)CSC2. The van der Waals surface area contributed by atoms with Crippen molar-refractivity contribution < 1.29 is 0 Å². The van der Waals surface area contributed by atoms with Crippen LogP contribution in [0.15, 0.2) is 0 Å². The van der Waals surface area contributed by atoms with Gasteiger partial charge in [-0.05, 0) is 6.92 Å². The van der Waals surface area contributed by atoms with Crippen molar-refractivity contribution in [1.82, 2.24) is 9.97 Å². The summed E-state index contributed by atoms with van der Waals surface area (Å²) in [5, 5.41) is 0. The van der Waals surface area contributed by atoms with Gasteiger partial charge in [0.2, 0.25) is 0 Å². The minimum atomic E-state index is 0.654. The van der Waals surface area contributed by atoms with Crippen LogP contribution in [0.1, 0.15) is 17.1 Å². The van der Waals surface area contributed by atoms with Crippen LogP contribution in [-0.4, -0.2) is 30.1 Å². The van der Waals surface area contributed by atoms with E-state index in [1.54, 1.807) is 0 Å². The summed E-state index contributed by atoms with van der Waals surface area (Å²) in [6.45, 7) is 3.44. The number of fused-ring (bicyclic) bond motifs is 1. The van der Waals surface area contributed by atoms with E-state index in [1.165, 1.54) is 11.3 Å². The molecule has 0 amide bonds. The van der Waals surface area contributed by atoms with Gasteiger partial charge in [0.15, 0.2) is 0 Å². The lowest BCUT2D eigenvalue weighted by Crippen LogP contribution is -2.27. The number of nitrogens with zero attached hydrogens (tertiary/aromatic N) is 3. The molecule has 2 N–H and O–H groups in total. The number of hydrogen-bond donors (Lipinski definition) is 1. The monoisotopic (exact) mass is 224 g/mol. The second-order valence-corrected chi connectivity index (χ2v) is 4.71. The van der Waals surface area contributed by atoms with E-state index in [1.807, 2.05) is 25.7 Å². The smallest absolute Gasteiger partial charge is 0.136 e. The van der Waals surface area contributed by atoms with Crippen molar-refractivity contribution in [3.05, 3.63) is 17.1 Å². The number of likely N-dealkylation sites (N-methyl/N-ethyl adjacent to an activating group) is 1. The predicted molar refractivity (Wildman–Crippen MR) is 64.1 cm³/mol. The first-order valence-corrected chi connectivity index (χ1v) is 6.23. The topological polar surface area (TPSA) is 55.0 Å². The summed E-state index contributed by atoms with van der Waals surface area (Å²) < 4.78 is 0. The minimum absolute atomic E-state index is 0.654. The normalized spacial score (nSPS) is 14.1. The van der Waals surface area contributed by atoms with Crippen molar-refractivity contribution in [2.24, 2.45) is 5.73 Å². The second kappa shape index (κ2) is 4.37. The maximum Gasteiger partial charge on any atom is 0.136 e. The Kier molecular flexibility index (Phi) is 3.11. The second-order valence-electron chi connectivity index (χ2n) is 3.72. The molecule has 0 fully saturated rings. The summed E-state index contributed by atoms with van der Waals surface area (Å²) in [7, 11) is 2.04. The van der Waals surface area contributed by atoms with E-state index >= 15 is 0 Å². The number of aryl methyl sites for hydroxylation is 1. The molecule has 1 aliphatic rings. The first-order valence-electron chi connectivity index (χ1n) is 5.07. The molecule has 5 heteroatoms. The first-order chi connectivity index (χ1) is 7.22. The summed E-state index contributed by atoms with van der Waals surface area (Å²) in [5.41, 5.74) is 8.05. The Labute approximate surface area is 94.3 Å². The van der Waals surface area contributed by atoms with Crippen LogP contribution in [0.4, 0.5) is 5.82 Å². The average Bonchev–Trinajstić information content (AvgIpc) is 2.64. The lowest BCUT2D eigenvalue weighted by Gasteiger charge is -2.20. The molecule has 0 bridgehead atoms. The molecule has 4 nitrogen and oxygen atoms in total. The van der Waals surface area contributed by atoms with Crippen molar-refractivity contribution in [1.29, 1.82) is 0 Å². The van der Waals surface area contributed by atoms with Gasteiger partial charge in [-0.25, -0.2) is 9.97 Å². The van der Waals surface area contributed by atoms with E-state index in [9.17, 15) is 0 Å². The van der Waals surface area contributed by atoms with Crippen molar-refractivity contribution in [2.75, 3.05) is 25.0 Å². The maximum atomic E-state index is 5.56. The fourth-order valence-corrected chi connectivity index (χ4v) is 2.80. The number of rotatable bonds is 3. The number of anilines is 1. The van der Waals surface area contributed by atoms with Gasteiger partial charge in [0.05, 0.1) is 5.69 Å². The molecule has 2 rings (SSSR count). The zero-order chi connectivity index (χ0) is 10.8. The molecule has 0 spiro atoms. The molecule has 0 unspecified atom stereocenters. The van der Waals surface area contributed by atoms with Gasteiger partial charge in [-0.15, -0.1) is 0 Å². The molecule has 1 aromatic rings. The highest BCUT2D eigenvalue weighted by atomic mass is 32.2. The van der Waals surface area contributed by atoms with Crippen LogP contribution in [0, 0.1) is 6.92 Å². The summed E-state index contributed by atoms with van der Waals surface area (Å²) in [6, 6.07) is 0. The van der Waals surface area contributed by atoms with Crippen molar-refractivity contribution >= 4 is 17.6 Å². The number of nitrogens with two attached hydrogens (primary N) is 1. The van der Waals surface area contributed by atoms with Crippen LogP contribution in [0.5, 0.6) is 0 Å². The van der Waals surface area contributed by atoms with E-state index in [4.69, 9.17) is 5.73 Å². The summed E-state index contributed by atoms with van der Waals surface area (Å²) in [6.07, 6.45) is 0. The molecular formula is C10H16N4S. The Morgan fingerprint density at radius 2 is 2.20 bits per heavy atom. The molecule has 0 aromatic carbocycles. The van der Waals surface area contributed by atoms with Gasteiger partial charge in [-0.1, -0.05) is 0 Å². The van der Waals surface area contributed by atoms with E-state index < -0.39 is 0 Å². The molecule has 0 radical (unpaired) electrons. The Morgan fingerprint density at radius 3 is 2.93 bits per heavy atom. The summed E-state index contributed by atoms with van der Waals surface area (Å²) >= 11 is 1.90.